The summed E-state index contributed by atoms with van der Waals surface area (Å²) in [4.78, 5) is 2.56. The van der Waals surface area contributed by atoms with Gasteiger partial charge in [-0.15, -0.1) is 0 Å². The monoisotopic (exact) mass is 259 g/mol. The summed E-state index contributed by atoms with van der Waals surface area (Å²) in [5, 5.41) is 0. The Bertz CT molecular complexity index is 368. The predicted molar refractivity (Wildman–Crippen MR) is 82.2 cm³/mol. The highest BCUT2D eigenvalue weighted by molar-refractivity contribution is 6.49. The van der Waals surface area contributed by atoms with Crippen molar-refractivity contribution in [3.63, 3.8) is 0 Å². The molecule has 0 N–H and O–H groups in total. The van der Waals surface area contributed by atoms with Gasteiger partial charge < -0.3 is 9.47 Å². The SMILES string of the molecule is CCB1OC(c2ccccc2)CC(CC)N1C(C)C. The molecule has 0 radical (unpaired) electrons. The second kappa shape index (κ2) is 6.58. The highest BCUT2D eigenvalue weighted by atomic mass is 16.5. The van der Waals surface area contributed by atoms with Crippen LogP contribution < -0.4 is 0 Å². The van der Waals surface area contributed by atoms with Crippen molar-refractivity contribution in [3.8, 4) is 0 Å². The highest BCUT2D eigenvalue weighted by Gasteiger charge is 2.39. The third-order valence-electron chi connectivity index (χ3n) is 4.15. The first-order valence-corrected chi connectivity index (χ1v) is 7.65. The molecule has 104 valence electrons. The lowest BCUT2D eigenvalue weighted by Crippen LogP contribution is -2.55. The Hall–Kier alpha value is -0.795. The molecule has 0 aliphatic carbocycles. The molecule has 1 aromatic rings. The van der Waals surface area contributed by atoms with E-state index in [1.807, 2.05) is 0 Å². The van der Waals surface area contributed by atoms with Crippen LogP contribution in [-0.4, -0.2) is 23.9 Å². The van der Waals surface area contributed by atoms with Crippen LogP contribution in [0, 0.1) is 0 Å². The molecule has 0 aromatic heterocycles. The van der Waals surface area contributed by atoms with Crippen molar-refractivity contribution < 1.29 is 4.65 Å². The maximum atomic E-state index is 6.35. The molecule has 2 nitrogen and oxygen atoms in total. The van der Waals surface area contributed by atoms with Crippen LogP contribution in [0.5, 0.6) is 0 Å². The smallest absolute Gasteiger partial charge is 0.383 e. The molecule has 1 fully saturated rings. The van der Waals surface area contributed by atoms with E-state index in [-0.39, 0.29) is 13.2 Å². The maximum absolute atomic E-state index is 6.35. The van der Waals surface area contributed by atoms with Crippen molar-refractivity contribution in [1.29, 1.82) is 0 Å². The molecule has 0 saturated carbocycles. The third kappa shape index (κ3) is 3.21. The number of rotatable bonds is 4. The molecular weight excluding hydrogens is 233 g/mol. The minimum absolute atomic E-state index is 0.254. The summed E-state index contributed by atoms with van der Waals surface area (Å²) in [5.41, 5.74) is 1.32. The van der Waals surface area contributed by atoms with Crippen LogP contribution in [0.1, 0.15) is 52.2 Å². The van der Waals surface area contributed by atoms with Gasteiger partial charge in [0.05, 0.1) is 6.10 Å². The molecule has 0 amide bonds. The van der Waals surface area contributed by atoms with E-state index in [4.69, 9.17) is 4.65 Å². The molecule has 1 aromatic carbocycles. The van der Waals surface area contributed by atoms with E-state index in [9.17, 15) is 0 Å². The minimum atomic E-state index is 0.254. The van der Waals surface area contributed by atoms with E-state index in [0.717, 1.165) is 12.7 Å². The number of benzene rings is 1. The van der Waals surface area contributed by atoms with Crippen LogP contribution in [0.4, 0.5) is 0 Å². The summed E-state index contributed by atoms with van der Waals surface area (Å²) in [6.45, 7) is 9.06. The quantitative estimate of drug-likeness (QED) is 0.753. The number of hydrogen-bond donors (Lipinski definition) is 0. The Morgan fingerprint density at radius 3 is 2.47 bits per heavy atom. The zero-order valence-electron chi connectivity index (χ0n) is 12.7. The van der Waals surface area contributed by atoms with E-state index in [1.54, 1.807) is 0 Å². The molecule has 1 aliphatic heterocycles. The summed E-state index contributed by atoms with van der Waals surface area (Å²) in [6, 6.07) is 11.8. The normalized spacial score (nSPS) is 25.0. The summed E-state index contributed by atoms with van der Waals surface area (Å²) < 4.78 is 6.35. The van der Waals surface area contributed by atoms with Gasteiger partial charge in [-0.05, 0) is 30.8 Å². The van der Waals surface area contributed by atoms with Gasteiger partial charge in [-0.2, -0.15) is 0 Å². The first-order chi connectivity index (χ1) is 9.17. The lowest BCUT2D eigenvalue weighted by atomic mass is 9.70. The molecular formula is C16H26BNO. The van der Waals surface area contributed by atoms with Crippen molar-refractivity contribution in [3.05, 3.63) is 35.9 Å². The lowest BCUT2D eigenvalue weighted by Gasteiger charge is -2.45. The molecule has 2 unspecified atom stereocenters. The number of nitrogens with zero attached hydrogens (tertiary/aromatic N) is 1. The van der Waals surface area contributed by atoms with Gasteiger partial charge in [-0.25, -0.2) is 0 Å². The molecule has 1 aliphatic rings. The van der Waals surface area contributed by atoms with Gasteiger partial charge in [0, 0.05) is 6.04 Å². The maximum Gasteiger partial charge on any atom is 0.383 e. The van der Waals surface area contributed by atoms with Gasteiger partial charge in [0.15, 0.2) is 0 Å². The first-order valence-electron chi connectivity index (χ1n) is 7.65. The standard InChI is InChI=1S/C16H26BNO/c1-5-15-12-16(14-10-8-7-9-11-14)19-17(6-2)18(15)13(3)4/h7-11,13,15-16H,5-6,12H2,1-4H3. The van der Waals surface area contributed by atoms with Gasteiger partial charge in [0.25, 0.3) is 0 Å². The summed E-state index contributed by atoms with van der Waals surface area (Å²) in [7, 11) is 0.254. The van der Waals surface area contributed by atoms with Crippen LogP contribution in [0.3, 0.4) is 0 Å². The van der Waals surface area contributed by atoms with Gasteiger partial charge in [-0.3, -0.25) is 0 Å². The Kier molecular flexibility index (Phi) is 5.06. The predicted octanol–water partition coefficient (Wildman–Crippen LogP) is 4.15. The fourth-order valence-electron chi connectivity index (χ4n) is 3.24. The zero-order chi connectivity index (χ0) is 13.8. The first kappa shape index (κ1) is 14.6. The summed E-state index contributed by atoms with van der Waals surface area (Å²) in [6.07, 6.45) is 3.61. The summed E-state index contributed by atoms with van der Waals surface area (Å²) in [5.74, 6) is 0. The van der Waals surface area contributed by atoms with E-state index in [1.165, 1.54) is 12.0 Å². The Balaban J connectivity index is 2.19. The summed E-state index contributed by atoms with van der Waals surface area (Å²) >= 11 is 0. The van der Waals surface area contributed by atoms with E-state index in [2.05, 4.69) is 62.8 Å². The highest BCUT2D eigenvalue weighted by Crippen LogP contribution is 2.34. The van der Waals surface area contributed by atoms with Crippen molar-refractivity contribution in [1.82, 2.24) is 4.81 Å². The van der Waals surface area contributed by atoms with Gasteiger partial charge in [-0.1, -0.05) is 58.0 Å². The van der Waals surface area contributed by atoms with Crippen molar-refractivity contribution >= 4 is 7.05 Å². The molecule has 0 spiro atoms. The van der Waals surface area contributed by atoms with E-state index < -0.39 is 0 Å². The fourth-order valence-corrected chi connectivity index (χ4v) is 3.24. The Labute approximate surface area is 118 Å². The van der Waals surface area contributed by atoms with Gasteiger partial charge in [0.2, 0.25) is 0 Å². The third-order valence-corrected chi connectivity index (χ3v) is 4.15. The average Bonchev–Trinajstić information content (AvgIpc) is 2.46. The Morgan fingerprint density at radius 2 is 1.95 bits per heavy atom. The zero-order valence-corrected chi connectivity index (χ0v) is 12.7. The van der Waals surface area contributed by atoms with Gasteiger partial charge in [0.1, 0.15) is 0 Å². The molecule has 1 heterocycles. The van der Waals surface area contributed by atoms with E-state index >= 15 is 0 Å². The largest absolute Gasteiger partial charge is 0.414 e. The van der Waals surface area contributed by atoms with E-state index in [0.29, 0.717) is 12.1 Å². The van der Waals surface area contributed by atoms with Crippen molar-refractivity contribution in [2.45, 2.75) is 65.0 Å². The minimum Gasteiger partial charge on any atom is -0.414 e. The molecule has 2 rings (SSSR count). The van der Waals surface area contributed by atoms with Crippen LogP contribution in [0.15, 0.2) is 30.3 Å². The topological polar surface area (TPSA) is 12.5 Å². The number of hydrogen-bond acceptors (Lipinski definition) is 2. The van der Waals surface area contributed by atoms with Crippen LogP contribution in [-0.2, 0) is 4.65 Å². The van der Waals surface area contributed by atoms with Crippen LogP contribution in [0.25, 0.3) is 0 Å². The second-order valence-electron chi connectivity index (χ2n) is 5.74. The lowest BCUT2D eigenvalue weighted by molar-refractivity contribution is 0.0624. The van der Waals surface area contributed by atoms with Crippen LogP contribution in [0.2, 0.25) is 6.32 Å². The Morgan fingerprint density at radius 1 is 1.26 bits per heavy atom. The van der Waals surface area contributed by atoms with Gasteiger partial charge >= 0.3 is 7.05 Å². The fraction of sp³-hybridized carbons (Fsp3) is 0.625. The molecule has 19 heavy (non-hydrogen) atoms. The molecule has 2 atom stereocenters. The molecule has 1 saturated heterocycles. The van der Waals surface area contributed by atoms with Crippen LogP contribution >= 0.6 is 0 Å². The van der Waals surface area contributed by atoms with Crippen molar-refractivity contribution in [2.75, 3.05) is 0 Å². The molecule has 3 heteroatoms. The molecule has 0 bridgehead atoms. The van der Waals surface area contributed by atoms with Crippen molar-refractivity contribution in [2.24, 2.45) is 0 Å². The average molecular weight is 259 g/mol. The second-order valence-corrected chi connectivity index (χ2v) is 5.74.